The van der Waals surface area contributed by atoms with Gasteiger partial charge in [0.2, 0.25) is 5.91 Å². The maximum absolute atomic E-state index is 12.0. The van der Waals surface area contributed by atoms with Gasteiger partial charge in [0.05, 0.1) is 0 Å². The SMILES string of the molecule is CCCC(CCN)CCC(=O)Nc1ccc(I)cc1C. The molecule has 1 rings (SSSR count). The molecule has 1 atom stereocenters. The molecule has 112 valence electrons. The Morgan fingerprint density at radius 2 is 2.10 bits per heavy atom. The molecule has 0 heterocycles. The van der Waals surface area contributed by atoms with Gasteiger partial charge in [-0.05, 0) is 78.6 Å². The molecule has 0 fully saturated rings. The maximum Gasteiger partial charge on any atom is 0.224 e. The number of hydrogen-bond acceptors (Lipinski definition) is 2. The molecule has 0 saturated carbocycles. The summed E-state index contributed by atoms with van der Waals surface area (Å²) in [6.07, 6.45) is 4.84. The van der Waals surface area contributed by atoms with E-state index >= 15 is 0 Å². The smallest absolute Gasteiger partial charge is 0.224 e. The number of nitrogens with two attached hydrogens (primary N) is 1. The van der Waals surface area contributed by atoms with E-state index in [0.717, 1.165) is 36.9 Å². The fourth-order valence-electron chi connectivity index (χ4n) is 2.39. The van der Waals surface area contributed by atoms with E-state index in [2.05, 4.69) is 40.9 Å². The zero-order chi connectivity index (χ0) is 15.0. The molecule has 0 spiro atoms. The lowest BCUT2D eigenvalue weighted by molar-refractivity contribution is -0.116. The second-order valence-electron chi connectivity index (χ2n) is 5.28. The van der Waals surface area contributed by atoms with Crippen LogP contribution in [0.1, 0.15) is 44.6 Å². The number of rotatable bonds is 8. The van der Waals surface area contributed by atoms with Gasteiger partial charge in [-0.1, -0.05) is 19.8 Å². The van der Waals surface area contributed by atoms with Gasteiger partial charge in [-0.15, -0.1) is 0 Å². The van der Waals surface area contributed by atoms with Crippen molar-refractivity contribution in [2.75, 3.05) is 11.9 Å². The molecule has 0 aliphatic heterocycles. The second kappa shape index (κ2) is 9.34. The van der Waals surface area contributed by atoms with Crippen LogP contribution < -0.4 is 11.1 Å². The molecule has 0 aromatic heterocycles. The van der Waals surface area contributed by atoms with E-state index in [1.165, 1.54) is 3.57 Å². The van der Waals surface area contributed by atoms with Crippen molar-refractivity contribution in [1.29, 1.82) is 0 Å². The number of carbonyl (C=O) groups excluding carboxylic acids is 1. The minimum absolute atomic E-state index is 0.104. The van der Waals surface area contributed by atoms with Crippen molar-refractivity contribution < 1.29 is 4.79 Å². The van der Waals surface area contributed by atoms with E-state index in [9.17, 15) is 4.79 Å². The minimum Gasteiger partial charge on any atom is -0.330 e. The standard InChI is InChI=1S/C16H25IN2O/c1-3-4-13(9-10-18)5-8-16(20)19-15-7-6-14(17)11-12(15)2/h6-7,11,13H,3-5,8-10,18H2,1-2H3,(H,19,20). The lowest BCUT2D eigenvalue weighted by Gasteiger charge is -2.15. The lowest BCUT2D eigenvalue weighted by Crippen LogP contribution is -2.16. The number of nitrogens with one attached hydrogen (secondary N) is 1. The fraction of sp³-hybridized carbons (Fsp3) is 0.562. The summed E-state index contributed by atoms with van der Waals surface area (Å²) in [4.78, 5) is 12.0. The van der Waals surface area contributed by atoms with Crippen molar-refractivity contribution in [2.45, 2.75) is 46.0 Å². The molecule has 0 radical (unpaired) electrons. The zero-order valence-electron chi connectivity index (χ0n) is 12.4. The molecule has 1 aromatic carbocycles. The van der Waals surface area contributed by atoms with Crippen molar-refractivity contribution in [3.8, 4) is 0 Å². The normalized spacial score (nSPS) is 12.2. The van der Waals surface area contributed by atoms with Crippen LogP contribution in [0.4, 0.5) is 5.69 Å². The predicted octanol–water partition coefficient (Wildman–Crippen LogP) is 4.08. The van der Waals surface area contributed by atoms with Crippen LogP contribution >= 0.6 is 22.6 Å². The number of hydrogen-bond donors (Lipinski definition) is 2. The van der Waals surface area contributed by atoms with Crippen molar-refractivity contribution in [1.82, 2.24) is 0 Å². The Hall–Kier alpha value is -0.620. The Kier molecular flexibility index (Phi) is 8.14. The third-order valence-corrected chi connectivity index (χ3v) is 4.19. The number of anilines is 1. The van der Waals surface area contributed by atoms with Crippen LogP contribution in [0.25, 0.3) is 0 Å². The van der Waals surface area contributed by atoms with Gasteiger partial charge >= 0.3 is 0 Å². The van der Waals surface area contributed by atoms with Gasteiger partial charge in [0, 0.05) is 15.7 Å². The monoisotopic (exact) mass is 388 g/mol. The van der Waals surface area contributed by atoms with Crippen molar-refractivity contribution in [2.24, 2.45) is 11.7 Å². The van der Waals surface area contributed by atoms with Crippen LogP contribution in [-0.2, 0) is 4.79 Å². The van der Waals surface area contributed by atoms with E-state index in [-0.39, 0.29) is 5.91 Å². The summed E-state index contributed by atoms with van der Waals surface area (Å²) in [5.74, 6) is 0.681. The molecule has 0 bridgehead atoms. The largest absolute Gasteiger partial charge is 0.330 e. The Morgan fingerprint density at radius 1 is 1.35 bits per heavy atom. The molecule has 4 heteroatoms. The third-order valence-electron chi connectivity index (χ3n) is 3.51. The second-order valence-corrected chi connectivity index (χ2v) is 6.52. The molecule has 1 aromatic rings. The highest BCUT2D eigenvalue weighted by atomic mass is 127. The Morgan fingerprint density at radius 3 is 2.70 bits per heavy atom. The molecule has 0 aliphatic carbocycles. The molecule has 1 amide bonds. The fourth-order valence-corrected chi connectivity index (χ4v) is 3.04. The quantitative estimate of drug-likeness (QED) is 0.660. The van der Waals surface area contributed by atoms with Crippen LogP contribution in [0.2, 0.25) is 0 Å². The molecule has 20 heavy (non-hydrogen) atoms. The summed E-state index contributed by atoms with van der Waals surface area (Å²) in [6.45, 7) is 4.91. The number of aryl methyl sites for hydroxylation is 1. The summed E-state index contributed by atoms with van der Waals surface area (Å²) in [5.41, 5.74) is 7.65. The Bertz CT molecular complexity index is 428. The van der Waals surface area contributed by atoms with E-state index in [1.54, 1.807) is 0 Å². The van der Waals surface area contributed by atoms with Crippen LogP contribution in [0.3, 0.4) is 0 Å². The van der Waals surface area contributed by atoms with Crippen LogP contribution in [0, 0.1) is 16.4 Å². The van der Waals surface area contributed by atoms with Gasteiger partial charge in [-0.25, -0.2) is 0 Å². The van der Waals surface area contributed by atoms with Gasteiger partial charge in [-0.3, -0.25) is 4.79 Å². The van der Waals surface area contributed by atoms with E-state index in [1.807, 2.05) is 19.1 Å². The molecular formula is C16H25IN2O. The summed E-state index contributed by atoms with van der Waals surface area (Å²) >= 11 is 2.27. The Balaban J connectivity index is 2.46. The third kappa shape index (κ3) is 6.22. The summed E-state index contributed by atoms with van der Waals surface area (Å²) in [6, 6.07) is 6.06. The molecule has 1 unspecified atom stereocenters. The number of benzene rings is 1. The molecule has 3 N–H and O–H groups in total. The summed E-state index contributed by atoms with van der Waals surface area (Å²) in [5, 5.41) is 3.00. The van der Waals surface area contributed by atoms with E-state index < -0.39 is 0 Å². The lowest BCUT2D eigenvalue weighted by atomic mass is 9.94. The van der Waals surface area contributed by atoms with E-state index in [4.69, 9.17) is 5.73 Å². The molecular weight excluding hydrogens is 363 g/mol. The van der Waals surface area contributed by atoms with Crippen molar-refractivity contribution in [3.05, 3.63) is 27.3 Å². The Labute approximate surface area is 135 Å². The van der Waals surface area contributed by atoms with Crippen LogP contribution in [0.15, 0.2) is 18.2 Å². The van der Waals surface area contributed by atoms with Gasteiger partial charge < -0.3 is 11.1 Å². The summed E-state index contributed by atoms with van der Waals surface area (Å²) in [7, 11) is 0. The molecule has 0 saturated heterocycles. The summed E-state index contributed by atoms with van der Waals surface area (Å²) < 4.78 is 1.18. The zero-order valence-corrected chi connectivity index (χ0v) is 14.6. The maximum atomic E-state index is 12.0. The van der Waals surface area contributed by atoms with Crippen molar-refractivity contribution >= 4 is 34.2 Å². The average Bonchev–Trinajstić information content (AvgIpc) is 2.40. The van der Waals surface area contributed by atoms with Gasteiger partial charge in [0.1, 0.15) is 0 Å². The van der Waals surface area contributed by atoms with Crippen molar-refractivity contribution in [3.63, 3.8) is 0 Å². The highest BCUT2D eigenvalue weighted by Gasteiger charge is 2.11. The van der Waals surface area contributed by atoms with Gasteiger partial charge in [0.15, 0.2) is 0 Å². The minimum atomic E-state index is 0.104. The molecule has 3 nitrogen and oxygen atoms in total. The highest BCUT2D eigenvalue weighted by Crippen LogP contribution is 2.20. The topological polar surface area (TPSA) is 55.1 Å². The van der Waals surface area contributed by atoms with Gasteiger partial charge in [-0.2, -0.15) is 0 Å². The predicted molar refractivity (Wildman–Crippen MR) is 93.8 cm³/mol. The highest BCUT2D eigenvalue weighted by molar-refractivity contribution is 14.1. The van der Waals surface area contributed by atoms with Gasteiger partial charge in [0.25, 0.3) is 0 Å². The first-order valence-corrected chi connectivity index (χ1v) is 8.40. The first-order chi connectivity index (χ1) is 9.56. The number of halogens is 1. The first-order valence-electron chi connectivity index (χ1n) is 7.32. The number of carbonyl (C=O) groups is 1. The average molecular weight is 388 g/mol. The first kappa shape index (κ1) is 17.4. The number of amides is 1. The van der Waals surface area contributed by atoms with E-state index in [0.29, 0.717) is 18.9 Å². The molecule has 0 aliphatic rings. The van der Waals surface area contributed by atoms with Crippen LogP contribution in [-0.4, -0.2) is 12.5 Å². The van der Waals surface area contributed by atoms with Crippen LogP contribution in [0.5, 0.6) is 0 Å².